The van der Waals surface area contributed by atoms with Gasteiger partial charge in [0.15, 0.2) is 0 Å². The molecule has 5 nitrogen and oxygen atoms in total. The van der Waals surface area contributed by atoms with E-state index in [2.05, 4.69) is 23.5 Å². The smallest absolute Gasteiger partial charge is 0.269 e. The second-order valence-corrected chi connectivity index (χ2v) is 6.25. The van der Waals surface area contributed by atoms with Gasteiger partial charge < -0.3 is 10.1 Å². The third-order valence-electron chi connectivity index (χ3n) is 5.02. The minimum absolute atomic E-state index is 0.0219. The molecule has 24 heavy (non-hydrogen) atoms. The molecule has 0 fully saturated rings. The van der Waals surface area contributed by atoms with Gasteiger partial charge in [-0.25, -0.2) is 0 Å². The first-order chi connectivity index (χ1) is 11.7. The molecule has 0 spiro atoms. The molecule has 1 aliphatic carbocycles. The number of ether oxygens (including phenoxy) is 1. The fraction of sp³-hybridized carbons (Fsp3) is 0.263. The van der Waals surface area contributed by atoms with Gasteiger partial charge in [-0.3, -0.25) is 10.1 Å². The van der Waals surface area contributed by atoms with Crippen LogP contribution in [0.4, 0.5) is 11.4 Å². The number of nitrogens with one attached hydrogen (secondary N) is 1. The fourth-order valence-corrected chi connectivity index (χ4v) is 3.92. The van der Waals surface area contributed by atoms with Crippen molar-refractivity contribution < 1.29 is 9.66 Å². The second kappa shape index (κ2) is 5.67. The predicted octanol–water partition coefficient (Wildman–Crippen LogP) is 4.43. The number of nitro benzene ring substituents is 1. The third kappa shape index (κ3) is 2.24. The van der Waals surface area contributed by atoms with Gasteiger partial charge >= 0.3 is 0 Å². The number of rotatable bonds is 3. The summed E-state index contributed by atoms with van der Waals surface area (Å²) in [5, 5.41) is 14.7. The van der Waals surface area contributed by atoms with Gasteiger partial charge in [-0.2, -0.15) is 0 Å². The Labute approximate surface area is 140 Å². The number of hydrogen-bond donors (Lipinski definition) is 1. The van der Waals surface area contributed by atoms with Crippen molar-refractivity contribution in [1.82, 2.24) is 0 Å². The molecular formula is C19H18N2O3. The van der Waals surface area contributed by atoms with E-state index in [-0.39, 0.29) is 16.7 Å². The van der Waals surface area contributed by atoms with Gasteiger partial charge in [0, 0.05) is 18.1 Å². The molecule has 2 aromatic rings. The van der Waals surface area contributed by atoms with Crippen LogP contribution in [-0.4, -0.2) is 12.0 Å². The molecule has 2 aliphatic rings. The number of para-hydroxylation sites is 1. The first kappa shape index (κ1) is 14.8. The number of non-ortho nitro benzene ring substituents is 1. The summed E-state index contributed by atoms with van der Waals surface area (Å²) in [7, 11) is 1.66. The Bertz CT molecular complexity index is 831. The lowest BCUT2D eigenvalue weighted by atomic mass is 9.77. The summed E-state index contributed by atoms with van der Waals surface area (Å²) in [6.07, 6.45) is 5.41. The monoisotopic (exact) mass is 322 g/mol. The van der Waals surface area contributed by atoms with E-state index in [9.17, 15) is 10.1 Å². The molecule has 0 amide bonds. The Morgan fingerprint density at radius 1 is 1.25 bits per heavy atom. The Morgan fingerprint density at radius 3 is 2.88 bits per heavy atom. The van der Waals surface area contributed by atoms with Crippen molar-refractivity contribution in [1.29, 1.82) is 0 Å². The van der Waals surface area contributed by atoms with Crippen LogP contribution in [0.5, 0.6) is 5.75 Å². The average molecular weight is 322 g/mol. The molecule has 122 valence electrons. The SMILES string of the molecule is COc1cccc2c1N[C@H](c1cccc([N+](=O)[O-])c1)[C@H]1CC=C[C@@H]21. The summed E-state index contributed by atoms with van der Waals surface area (Å²) < 4.78 is 5.51. The lowest BCUT2D eigenvalue weighted by molar-refractivity contribution is -0.384. The molecule has 0 unspecified atom stereocenters. The average Bonchev–Trinajstić information content (AvgIpc) is 3.10. The lowest BCUT2D eigenvalue weighted by Crippen LogP contribution is -2.29. The van der Waals surface area contributed by atoms with E-state index < -0.39 is 0 Å². The predicted molar refractivity (Wildman–Crippen MR) is 92.4 cm³/mol. The summed E-state index contributed by atoms with van der Waals surface area (Å²) in [5.41, 5.74) is 3.29. The van der Waals surface area contributed by atoms with E-state index >= 15 is 0 Å². The standard InChI is InChI=1S/C19H18N2O3/c1-24-17-10-4-9-16-14-7-3-8-15(14)18(20-19(16)17)12-5-2-6-13(11-12)21(22)23/h2-7,9-11,14-15,18,20H,8H2,1H3/t14-,15+,18-/m1/s1. The summed E-state index contributed by atoms with van der Waals surface area (Å²) in [5.74, 6) is 1.47. The van der Waals surface area contributed by atoms with Crippen LogP contribution in [-0.2, 0) is 0 Å². The van der Waals surface area contributed by atoms with Crippen molar-refractivity contribution in [3.63, 3.8) is 0 Å². The number of fused-ring (bicyclic) bond motifs is 3. The van der Waals surface area contributed by atoms with Crippen LogP contribution >= 0.6 is 0 Å². The van der Waals surface area contributed by atoms with Crippen LogP contribution in [0.1, 0.15) is 29.5 Å². The molecule has 1 aliphatic heterocycles. The highest BCUT2D eigenvalue weighted by molar-refractivity contribution is 5.67. The van der Waals surface area contributed by atoms with E-state index in [1.54, 1.807) is 19.2 Å². The summed E-state index contributed by atoms with van der Waals surface area (Å²) in [6, 6.07) is 13.0. The molecular weight excluding hydrogens is 304 g/mol. The third-order valence-corrected chi connectivity index (χ3v) is 5.02. The molecule has 0 saturated heterocycles. The second-order valence-electron chi connectivity index (χ2n) is 6.25. The molecule has 3 atom stereocenters. The van der Waals surface area contributed by atoms with Crippen LogP contribution < -0.4 is 10.1 Å². The fourth-order valence-electron chi connectivity index (χ4n) is 3.92. The van der Waals surface area contributed by atoms with Crippen molar-refractivity contribution in [2.75, 3.05) is 12.4 Å². The van der Waals surface area contributed by atoms with Crippen LogP contribution in [0.15, 0.2) is 54.6 Å². The number of hydrogen-bond acceptors (Lipinski definition) is 4. The Balaban J connectivity index is 1.80. The van der Waals surface area contributed by atoms with Crippen LogP contribution in [0, 0.1) is 16.0 Å². The summed E-state index contributed by atoms with van der Waals surface area (Å²) in [6.45, 7) is 0. The number of nitro groups is 1. The zero-order chi connectivity index (χ0) is 16.7. The zero-order valence-electron chi connectivity index (χ0n) is 13.3. The number of nitrogens with zero attached hydrogens (tertiary/aromatic N) is 1. The molecule has 2 aromatic carbocycles. The van der Waals surface area contributed by atoms with Crippen molar-refractivity contribution >= 4 is 11.4 Å². The van der Waals surface area contributed by atoms with E-state index in [0.717, 1.165) is 23.4 Å². The Kier molecular flexibility index (Phi) is 3.49. The van der Waals surface area contributed by atoms with Gasteiger partial charge in [0.1, 0.15) is 5.75 Å². The molecule has 0 bridgehead atoms. The summed E-state index contributed by atoms with van der Waals surface area (Å²) >= 11 is 0. The number of allylic oxidation sites excluding steroid dienone is 2. The highest BCUT2D eigenvalue weighted by atomic mass is 16.6. The first-order valence-corrected chi connectivity index (χ1v) is 8.03. The van der Waals surface area contributed by atoms with E-state index in [0.29, 0.717) is 11.8 Å². The Hall–Kier alpha value is -2.82. The number of anilines is 1. The molecule has 5 heteroatoms. The van der Waals surface area contributed by atoms with Gasteiger partial charge in [0.2, 0.25) is 0 Å². The van der Waals surface area contributed by atoms with Crippen LogP contribution in [0.3, 0.4) is 0 Å². The molecule has 0 aromatic heterocycles. The first-order valence-electron chi connectivity index (χ1n) is 8.03. The normalized spacial score (nSPS) is 24.0. The quantitative estimate of drug-likeness (QED) is 0.516. The molecule has 0 saturated carbocycles. The van der Waals surface area contributed by atoms with Gasteiger partial charge in [-0.1, -0.05) is 36.4 Å². The number of benzene rings is 2. The van der Waals surface area contributed by atoms with Gasteiger partial charge in [-0.15, -0.1) is 0 Å². The van der Waals surface area contributed by atoms with E-state index in [4.69, 9.17) is 4.74 Å². The van der Waals surface area contributed by atoms with Gasteiger partial charge in [0.05, 0.1) is 23.8 Å². The van der Waals surface area contributed by atoms with Gasteiger partial charge in [0.25, 0.3) is 5.69 Å². The van der Waals surface area contributed by atoms with Crippen LogP contribution in [0.2, 0.25) is 0 Å². The zero-order valence-corrected chi connectivity index (χ0v) is 13.3. The maximum Gasteiger partial charge on any atom is 0.269 e. The van der Waals surface area contributed by atoms with Crippen LogP contribution in [0.25, 0.3) is 0 Å². The van der Waals surface area contributed by atoms with E-state index in [1.807, 2.05) is 18.2 Å². The topological polar surface area (TPSA) is 64.4 Å². The molecule has 4 rings (SSSR count). The summed E-state index contributed by atoms with van der Waals surface area (Å²) in [4.78, 5) is 10.8. The maximum absolute atomic E-state index is 11.1. The largest absolute Gasteiger partial charge is 0.495 e. The molecule has 1 N–H and O–H groups in total. The molecule has 0 radical (unpaired) electrons. The Morgan fingerprint density at radius 2 is 2.08 bits per heavy atom. The highest BCUT2D eigenvalue weighted by Gasteiger charge is 2.39. The van der Waals surface area contributed by atoms with Crippen molar-refractivity contribution in [2.45, 2.75) is 18.4 Å². The molecule has 1 heterocycles. The van der Waals surface area contributed by atoms with Crippen molar-refractivity contribution in [3.8, 4) is 5.75 Å². The van der Waals surface area contributed by atoms with Crippen molar-refractivity contribution in [3.05, 3.63) is 75.9 Å². The van der Waals surface area contributed by atoms with Crippen molar-refractivity contribution in [2.24, 2.45) is 5.92 Å². The van der Waals surface area contributed by atoms with E-state index in [1.165, 1.54) is 11.6 Å². The lowest BCUT2D eigenvalue weighted by Gasteiger charge is -2.38. The highest BCUT2D eigenvalue weighted by Crippen LogP contribution is 2.52. The number of methoxy groups -OCH3 is 1. The van der Waals surface area contributed by atoms with Gasteiger partial charge in [-0.05, 0) is 29.5 Å². The minimum Gasteiger partial charge on any atom is -0.495 e. The maximum atomic E-state index is 11.1. The minimum atomic E-state index is -0.342.